The van der Waals surface area contributed by atoms with Gasteiger partial charge in [-0.15, -0.1) is 0 Å². The first-order valence-electron chi connectivity index (χ1n) is 7.74. The first-order chi connectivity index (χ1) is 10.9. The van der Waals surface area contributed by atoms with Crippen LogP contribution in [0.25, 0.3) is 0 Å². The molecule has 1 aromatic carbocycles. The normalized spacial score (nSPS) is 10.5. The van der Waals surface area contributed by atoms with E-state index < -0.39 is 0 Å². The second kappa shape index (κ2) is 7.22. The molecule has 1 aromatic heterocycles. The Balaban J connectivity index is 2.19. The fraction of sp³-hybridized carbons (Fsp3) is 0.389. The van der Waals surface area contributed by atoms with Crippen molar-refractivity contribution in [2.24, 2.45) is 0 Å². The molecule has 0 aliphatic rings. The number of carbonyl (C=O) groups excluding carboxylic acids is 1. The zero-order valence-electron chi connectivity index (χ0n) is 14.4. The smallest absolute Gasteiger partial charge is 0.338 e. The van der Waals surface area contributed by atoms with Crippen molar-refractivity contribution in [3.63, 3.8) is 0 Å². The fourth-order valence-corrected chi connectivity index (χ4v) is 2.26. The summed E-state index contributed by atoms with van der Waals surface area (Å²) in [5, 5.41) is 3.34. The van der Waals surface area contributed by atoms with Gasteiger partial charge in [-0.25, -0.2) is 4.79 Å². The standard InChI is InChI=1S/C18H23N3O2/c1-6-23-18(22)15-8-7-11(2)16(9-15)19-10-17-14(5)20-12(3)13(4)21-17/h7-9,19H,6,10H2,1-5H3. The molecule has 122 valence electrons. The molecule has 23 heavy (non-hydrogen) atoms. The van der Waals surface area contributed by atoms with Gasteiger partial charge < -0.3 is 10.1 Å². The number of nitrogens with zero attached hydrogens (tertiary/aromatic N) is 2. The first-order valence-corrected chi connectivity index (χ1v) is 7.74. The predicted octanol–water partition coefficient (Wildman–Crippen LogP) is 3.50. The maximum absolute atomic E-state index is 11.8. The van der Waals surface area contributed by atoms with E-state index in [1.807, 2.05) is 39.8 Å². The summed E-state index contributed by atoms with van der Waals surface area (Å²) in [7, 11) is 0. The average Bonchev–Trinajstić information content (AvgIpc) is 2.51. The average molecular weight is 313 g/mol. The first kappa shape index (κ1) is 16.9. The molecule has 0 unspecified atom stereocenters. The summed E-state index contributed by atoms with van der Waals surface area (Å²) in [6.07, 6.45) is 0. The fourth-order valence-electron chi connectivity index (χ4n) is 2.26. The lowest BCUT2D eigenvalue weighted by molar-refractivity contribution is 0.0526. The lowest BCUT2D eigenvalue weighted by Crippen LogP contribution is -2.10. The highest BCUT2D eigenvalue weighted by molar-refractivity contribution is 5.90. The van der Waals surface area contributed by atoms with Gasteiger partial charge in [0.05, 0.1) is 41.5 Å². The van der Waals surface area contributed by atoms with Gasteiger partial charge in [-0.2, -0.15) is 0 Å². The second-order valence-corrected chi connectivity index (χ2v) is 5.53. The van der Waals surface area contributed by atoms with Crippen LogP contribution in [0.3, 0.4) is 0 Å². The van der Waals surface area contributed by atoms with Gasteiger partial charge in [-0.3, -0.25) is 9.97 Å². The number of nitrogens with one attached hydrogen (secondary N) is 1. The monoisotopic (exact) mass is 313 g/mol. The molecule has 2 aromatic rings. The second-order valence-electron chi connectivity index (χ2n) is 5.53. The number of aryl methyl sites for hydroxylation is 4. The summed E-state index contributed by atoms with van der Waals surface area (Å²) in [5.41, 5.74) is 6.22. The number of hydrogen-bond donors (Lipinski definition) is 1. The molecule has 1 N–H and O–H groups in total. The van der Waals surface area contributed by atoms with Gasteiger partial charge in [0.1, 0.15) is 0 Å². The Labute approximate surface area is 137 Å². The third-order valence-electron chi connectivity index (χ3n) is 3.77. The highest BCUT2D eigenvalue weighted by atomic mass is 16.5. The van der Waals surface area contributed by atoms with Crippen molar-refractivity contribution in [2.75, 3.05) is 11.9 Å². The van der Waals surface area contributed by atoms with Crippen LogP contribution in [-0.4, -0.2) is 22.5 Å². The van der Waals surface area contributed by atoms with Gasteiger partial charge >= 0.3 is 5.97 Å². The highest BCUT2D eigenvalue weighted by Gasteiger charge is 2.10. The molecule has 0 saturated carbocycles. The van der Waals surface area contributed by atoms with Gasteiger partial charge in [-0.1, -0.05) is 6.07 Å². The van der Waals surface area contributed by atoms with Crippen molar-refractivity contribution in [3.8, 4) is 0 Å². The zero-order chi connectivity index (χ0) is 17.0. The van der Waals surface area contributed by atoms with Gasteiger partial charge in [-0.05, 0) is 52.3 Å². The van der Waals surface area contributed by atoms with Crippen molar-refractivity contribution < 1.29 is 9.53 Å². The van der Waals surface area contributed by atoms with Crippen molar-refractivity contribution in [3.05, 3.63) is 52.1 Å². The Bertz CT molecular complexity index is 726. The predicted molar refractivity (Wildman–Crippen MR) is 90.7 cm³/mol. The van der Waals surface area contributed by atoms with Crippen LogP contribution in [0.4, 0.5) is 5.69 Å². The van der Waals surface area contributed by atoms with Crippen LogP contribution in [0, 0.1) is 27.7 Å². The van der Waals surface area contributed by atoms with E-state index in [-0.39, 0.29) is 5.97 Å². The maximum Gasteiger partial charge on any atom is 0.338 e. The minimum absolute atomic E-state index is 0.308. The van der Waals surface area contributed by atoms with Crippen LogP contribution in [0.15, 0.2) is 18.2 Å². The Morgan fingerprint density at radius 3 is 2.48 bits per heavy atom. The Morgan fingerprint density at radius 2 is 1.78 bits per heavy atom. The molecule has 0 fully saturated rings. The number of hydrogen-bond acceptors (Lipinski definition) is 5. The quantitative estimate of drug-likeness (QED) is 0.856. The summed E-state index contributed by atoms with van der Waals surface area (Å²) in [4.78, 5) is 20.9. The van der Waals surface area contributed by atoms with Crippen molar-refractivity contribution >= 4 is 11.7 Å². The van der Waals surface area contributed by atoms with Gasteiger partial charge in [0.2, 0.25) is 0 Å². The molecule has 0 saturated heterocycles. The number of ether oxygens (including phenoxy) is 1. The lowest BCUT2D eigenvalue weighted by atomic mass is 10.1. The van der Waals surface area contributed by atoms with Crippen LogP contribution < -0.4 is 5.32 Å². The zero-order valence-corrected chi connectivity index (χ0v) is 14.4. The topological polar surface area (TPSA) is 64.1 Å². The summed E-state index contributed by atoms with van der Waals surface area (Å²) >= 11 is 0. The summed E-state index contributed by atoms with van der Waals surface area (Å²) in [5.74, 6) is -0.308. The third-order valence-corrected chi connectivity index (χ3v) is 3.77. The Kier molecular flexibility index (Phi) is 5.32. The molecule has 5 heteroatoms. The van der Waals surface area contributed by atoms with Crippen LogP contribution in [0.1, 0.15) is 45.6 Å². The van der Waals surface area contributed by atoms with E-state index in [1.165, 1.54) is 0 Å². The molecule has 0 bridgehead atoms. The molecule has 0 atom stereocenters. The van der Waals surface area contributed by atoms with E-state index in [2.05, 4.69) is 15.3 Å². The molecule has 1 heterocycles. The number of aromatic nitrogens is 2. The van der Waals surface area contributed by atoms with Crippen LogP contribution in [0.2, 0.25) is 0 Å². The Hall–Kier alpha value is -2.43. The van der Waals surface area contributed by atoms with Crippen molar-refractivity contribution in [1.29, 1.82) is 0 Å². The maximum atomic E-state index is 11.8. The third kappa shape index (κ3) is 4.06. The van der Waals surface area contributed by atoms with Crippen LogP contribution >= 0.6 is 0 Å². The van der Waals surface area contributed by atoms with Crippen molar-refractivity contribution in [2.45, 2.75) is 41.2 Å². The van der Waals surface area contributed by atoms with Crippen LogP contribution in [-0.2, 0) is 11.3 Å². The minimum atomic E-state index is -0.308. The molecule has 5 nitrogen and oxygen atoms in total. The molecule has 0 amide bonds. The molecule has 0 aliphatic carbocycles. The van der Waals surface area contributed by atoms with Gasteiger partial charge in [0.15, 0.2) is 0 Å². The van der Waals surface area contributed by atoms with Crippen LogP contribution in [0.5, 0.6) is 0 Å². The van der Waals surface area contributed by atoms with Gasteiger partial charge in [0, 0.05) is 5.69 Å². The van der Waals surface area contributed by atoms with E-state index in [0.717, 1.165) is 34.0 Å². The lowest BCUT2D eigenvalue weighted by Gasteiger charge is -2.13. The Morgan fingerprint density at radius 1 is 1.09 bits per heavy atom. The molecular formula is C18H23N3O2. The largest absolute Gasteiger partial charge is 0.462 e. The van der Waals surface area contributed by atoms with Gasteiger partial charge in [0.25, 0.3) is 0 Å². The number of rotatable bonds is 5. The molecule has 2 rings (SSSR count). The van der Waals surface area contributed by atoms with E-state index in [4.69, 9.17) is 4.74 Å². The number of carbonyl (C=O) groups is 1. The van der Waals surface area contributed by atoms with E-state index >= 15 is 0 Å². The van der Waals surface area contributed by atoms with E-state index in [1.54, 1.807) is 13.0 Å². The van der Waals surface area contributed by atoms with E-state index in [9.17, 15) is 4.79 Å². The summed E-state index contributed by atoms with van der Waals surface area (Å²) < 4.78 is 5.04. The minimum Gasteiger partial charge on any atom is -0.462 e. The van der Waals surface area contributed by atoms with E-state index in [0.29, 0.717) is 18.7 Å². The molecular weight excluding hydrogens is 290 g/mol. The number of benzene rings is 1. The van der Waals surface area contributed by atoms with Crippen molar-refractivity contribution in [1.82, 2.24) is 9.97 Å². The highest BCUT2D eigenvalue weighted by Crippen LogP contribution is 2.19. The molecule has 0 radical (unpaired) electrons. The SMILES string of the molecule is CCOC(=O)c1ccc(C)c(NCc2nc(C)c(C)nc2C)c1. The number of esters is 1. The summed E-state index contributed by atoms with van der Waals surface area (Å²) in [6.45, 7) is 10.6. The molecule has 0 aliphatic heterocycles. The summed E-state index contributed by atoms with van der Waals surface area (Å²) in [6, 6.07) is 5.50. The number of anilines is 1. The molecule has 0 spiro atoms.